The molecule has 33 heavy (non-hydrogen) atoms. The molecule has 6 N–H and O–H groups in total. The number of benzene rings is 2. The van der Waals surface area contributed by atoms with Crippen molar-refractivity contribution in [2.45, 2.75) is 13.0 Å². The third-order valence-electron chi connectivity index (χ3n) is 4.38. The summed E-state index contributed by atoms with van der Waals surface area (Å²) in [5.41, 5.74) is 12.6. The largest absolute Gasteiger partial charge is 0.399 e. The molecule has 0 saturated heterocycles. The Bertz CT molecular complexity index is 1140. The predicted molar refractivity (Wildman–Crippen MR) is 129 cm³/mol. The predicted octanol–water partition coefficient (Wildman–Crippen LogP) is 2.13. The van der Waals surface area contributed by atoms with Gasteiger partial charge < -0.3 is 21.4 Å². The number of nitrogen functional groups attached to an aromatic ring is 1. The fourth-order valence-corrected chi connectivity index (χ4v) is 3.56. The van der Waals surface area contributed by atoms with Crippen LogP contribution < -0.4 is 21.9 Å². The lowest BCUT2D eigenvalue weighted by molar-refractivity contribution is -0.127. The normalized spacial score (nSPS) is 15.9. The Balaban J connectivity index is 0.000000186. The van der Waals surface area contributed by atoms with Crippen LogP contribution in [0.3, 0.4) is 0 Å². The first-order chi connectivity index (χ1) is 15.8. The molecule has 170 valence electrons. The van der Waals surface area contributed by atoms with Gasteiger partial charge in [-0.25, -0.2) is 9.97 Å². The molecule has 0 aliphatic carbocycles. The molecule has 10 nitrogen and oxygen atoms in total. The molecule has 2 atom stereocenters. The number of nitrogens with zero attached hydrogens (tertiary/aromatic N) is 4. The topological polar surface area (TPSA) is 160 Å². The molecule has 2 heterocycles. The Morgan fingerprint density at radius 3 is 2.27 bits per heavy atom. The average molecular weight is 486 g/mol. The van der Waals surface area contributed by atoms with Crippen molar-refractivity contribution in [2.24, 2.45) is 10.8 Å². The quantitative estimate of drug-likeness (QED) is 0.248. The highest BCUT2D eigenvalue weighted by Gasteiger charge is 2.35. The second kappa shape index (κ2) is 10.9. The molecule has 2 aromatic carbocycles. The van der Waals surface area contributed by atoms with E-state index in [-0.39, 0.29) is 0 Å². The van der Waals surface area contributed by atoms with Crippen LogP contribution in [-0.2, 0) is 4.79 Å². The Kier molecular flexibility index (Phi) is 8.02. The van der Waals surface area contributed by atoms with Gasteiger partial charge in [-0.3, -0.25) is 9.59 Å². The number of hydrazone groups is 1. The Hall–Kier alpha value is -3.43. The fourth-order valence-electron chi connectivity index (χ4n) is 2.57. The number of nitrogens with two attached hydrogens (primary N) is 2. The van der Waals surface area contributed by atoms with Gasteiger partial charge >= 0.3 is 0 Å². The number of hydrogen-bond donors (Lipinski definition) is 4. The first kappa shape index (κ1) is 24.2. The van der Waals surface area contributed by atoms with E-state index >= 15 is 0 Å². The zero-order valence-corrected chi connectivity index (χ0v) is 19.1. The second-order valence-electron chi connectivity index (χ2n) is 6.77. The summed E-state index contributed by atoms with van der Waals surface area (Å²) >= 11 is 5.71. The number of amides is 2. The standard InChI is InChI=1S/C11H10ClN3O2.C10H11N4OP/c1-6-9(13)11(17)15(14-6)10(16)7-2-4-8(12)5-3-7;11-8-2-4-9(5-3-8)16(15)14-10-12-6-1-7-13-10/h2-5,9H,13H2,1H3;1-7,15H,11H2,(H,12,13,14). The number of aromatic nitrogens is 2. The van der Waals surface area contributed by atoms with Crippen molar-refractivity contribution in [1.82, 2.24) is 15.0 Å². The van der Waals surface area contributed by atoms with Gasteiger partial charge in [0.05, 0.1) is 5.71 Å². The maximum absolute atomic E-state index is 12.0. The molecule has 0 bridgehead atoms. The second-order valence-corrected chi connectivity index (χ2v) is 8.57. The summed E-state index contributed by atoms with van der Waals surface area (Å²) in [6, 6.07) is 14.1. The number of hydrogen-bond acceptors (Lipinski definition) is 9. The number of carbonyl (C=O) groups excluding carboxylic acids is 2. The number of anilines is 2. The highest BCUT2D eigenvalue weighted by atomic mass is 35.5. The molecule has 3 aromatic rings. The van der Waals surface area contributed by atoms with Crippen molar-refractivity contribution in [3.63, 3.8) is 0 Å². The fraction of sp³-hybridized carbons (Fsp3) is 0.0952. The number of nitrogens with one attached hydrogen (secondary N) is 1. The summed E-state index contributed by atoms with van der Waals surface area (Å²) < 4.78 is 0. The van der Waals surface area contributed by atoms with Crippen molar-refractivity contribution < 1.29 is 14.5 Å². The first-order valence-corrected chi connectivity index (χ1v) is 11.3. The Morgan fingerprint density at radius 1 is 1.12 bits per heavy atom. The lowest BCUT2D eigenvalue weighted by Gasteiger charge is -2.11. The van der Waals surface area contributed by atoms with E-state index in [1.54, 1.807) is 61.8 Å². The maximum Gasteiger partial charge on any atom is 0.281 e. The van der Waals surface area contributed by atoms with E-state index in [2.05, 4.69) is 20.2 Å². The highest BCUT2D eigenvalue weighted by Crippen LogP contribution is 2.28. The first-order valence-electron chi connectivity index (χ1n) is 9.59. The van der Waals surface area contributed by atoms with E-state index in [4.69, 9.17) is 23.1 Å². The van der Waals surface area contributed by atoms with Crippen LogP contribution in [0.4, 0.5) is 11.6 Å². The molecule has 1 aromatic heterocycles. The number of rotatable bonds is 4. The number of halogens is 1. The van der Waals surface area contributed by atoms with E-state index in [1.807, 2.05) is 0 Å². The molecule has 0 spiro atoms. The van der Waals surface area contributed by atoms with Crippen molar-refractivity contribution in [1.29, 1.82) is 0 Å². The molecular formula is C21H21ClN7O3P. The SMILES string of the molecule is CC1=NN(C(=O)c2ccc(Cl)cc2)C(=O)C1N.Nc1ccc(P(O)Nc2ncccn2)cc1. The lowest BCUT2D eigenvalue weighted by Crippen LogP contribution is -2.40. The van der Waals surface area contributed by atoms with Gasteiger partial charge in [0, 0.05) is 34.0 Å². The average Bonchev–Trinajstić information content (AvgIpc) is 3.08. The molecule has 0 radical (unpaired) electrons. The van der Waals surface area contributed by atoms with Crippen LogP contribution in [0.15, 0.2) is 72.1 Å². The maximum atomic E-state index is 12.0. The smallest absolute Gasteiger partial charge is 0.281 e. The van der Waals surface area contributed by atoms with Crippen molar-refractivity contribution in [2.75, 3.05) is 10.8 Å². The summed E-state index contributed by atoms with van der Waals surface area (Å²) in [7, 11) is -1.49. The minimum atomic E-state index is -1.49. The molecule has 2 unspecified atom stereocenters. The van der Waals surface area contributed by atoms with Crippen LogP contribution in [-0.4, -0.2) is 43.4 Å². The molecule has 0 saturated carbocycles. The van der Waals surface area contributed by atoms with Gasteiger partial charge in [-0.15, -0.1) is 0 Å². The summed E-state index contributed by atoms with van der Waals surface area (Å²) in [6.07, 6.45) is 3.23. The van der Waals surface area contributed by atoms with Gasteiger partial charge in [-0.2, -0.15) is 10.1 Å². The van der Waals surface area contributed by atoms with E-state index < -0.39 is 26.2 Å². The third-order valence-corrected chi connectivity index (χ3v) is 5.83. The third kappa shape index (κ3) is 6.30. The van der Waals surface area contributed by atoms with Crippen molar-refractivity contribution in [3.05, 3.63) is 77.6 Å². The van der Waals surface area contributed by atoms with Gasteiger partial charge in [-0.1, -0.05) is 11.6 Å². The Labute approximate surface area is 196 Å². The summed E-state index contributed by atoms with van der Waals surface area (Å²) in [4.78, 5) is 41.4. The molecule has 4 rings (SSSR count). The number of carbonyl (C=O) groups is 2. The van der Waals surface area contributed by atoms with E-state index in [0.717, 1.165) is 10.3 Å². The molecule has 0 fully saturated rings. The molecule has 12 heteroatoms. The van der Waals surface area contributed by atoms with Gasteiger partial charge in [0.25, 0.3) is 11.8 Å². The number of imide groups is 1. The summed E-state index contributed by atoms with van der Waals surface area (Å²) in [5, 5.41) is 8.77. The molecule has 2 amide bonds. The van der Waals surface area contributed by atoms with E-state index in [1.165, 1.54) is 12.1 Å². The molecule has 1 aliphatic rings. The van der Waals surface area contributed by atoms with Gasteiger partial charge in [0.1, 0.15) is 6.04 Å². The van der Waals surface area contributed by atoms with Crippen molar-refractivity contribution in [3.8, 4) is 0 Å². The molecular weight excluding hydrogens is 465 g/mol. The van der Waals surface area contributed by atoms with Gasteiger partial charge in [0.15, 0.2) is 8.30 Å². The molecule has 1 aliphatic heterocycles. The summed E-state index contributed by atoms with van der Waals surface area (Å²) in [5.74, 6) is -0.602. The summed E-state index contributed by atoms with van der Waals surface area (Å²) in [6.45, 7) is 1.61. The van der Waals surface area contributed by atoms with Gasteiger partial charge in [-0.05, 0) is 61.5 Å². The van der Waals surface area contributed by atoms with Crippen LogP contribution in [0.5, 0.6) is 0 Å². The van der Waals surface area contributed by atoms with Crippen LogP contribution in [0.25, 0.3) is 0 Å². The van der Waals surface area contributed by atoms with Crippen LogP contribution >= 0.6 is 19.9 Å². The van der Waals surface area contributed by atoms with Crippen LogP contribution in [0, 0.1) is 0 Å². The minimum Gasteiger partial charge on any atom is -0.399 e. The minimum absolute atomic E-state index is 0.341. The van der Waals surface area contributed by atoms with Crippen LogP contribution in [0.2, 0.25) is 5.02 Å². The van der Waals surface area contributed by atoms with Crippen LogP contribution in [0.1, 0.15) is 17.3 Å². The Morgan fingerprint density at radius 2 is 1.73 bits per heavy atom. The van der Waals surface area contributed by atoms with Crippen molar-refractivity contribution >= 4 is 54.4 Å². The van der Waals surface area contributed by atoms with E-state index in [0.29, 0.717) is 27.9 Å². The lowest BCUT2D eigenvalue weighted by atomic mass is 10.2. The van der Waals surface area contributed by atoms with Gasteiger partial charge in [0.2, 0.25) is 5.95 Å². The zero-order valence-electron chi connectivity index (χ0n) is 17.5. The monoisotopic (exact) mass is 485 g/mol. The highest BCUT2D eigenvalue weighted by molar-refractivity contribution is 7.61. The van der Waals surface area contributed by atoms with E-state index in [9.17, 15) is 14.5 Å². The zero-order chi connectivity index (χ0) is 24.0.